The second-order valence-electron chi connectivity index (χ2n) is 9.17. The fourth-order valence-corrected chi connectivity index (χ4v) is 4.87. The van der Waals surface area contributed by atoms with Gasteiger partial charge >= 0.3 is 0 Å². The number of alkyl halides is 2. The van der Waals surface area contributed by atoms with Crippen molar-refractivity contribution < 1.29 is 27.4 Å². The quantitative estimate of drug-likeness (QED) is 0.438. The zero-order chi connectivity index (χ0) is 26.1. The van der Waals surface area contributed by atoms with Crippen molar-refractivity contribution in [1.82, 2.24) is 20.4 Å². The first kappa shape index (κ1) is 24.9. The molecule has 1 aromatic heterocycles. The van der Waals surface area contributed by atoms with Crippen LogP contribution in [0.4, 0.5) is 19.0 Å². The number of amides is 1. The molecule has 3 heterocycles. The van der Waals surface area contributed by atoms with Crippen LogP contribution in [0.3, 0.4) is 0 Å². The number of carbonyl (C=O) groups is 1. The molecule has 2 aromatic carbocycles. The van der Waals surface area contributed by atoms with E-state index in [1.807, 2.05) is 0 Å². The summed E-state index contributed by atoms with van der Waals surface area (Å²) in [6.07, 6.45) is -1.79. The summed E-state index contributed by atoms with van der Waals surface area (Å²) < 4.78 is 55.0. The highest BCUT2D eigenvalue weighted by Gasteiger charge is 2.35. The third-order valence-corrected chi connectivity index (χ3v) is 6.86. The van der Waals surface area contributed by atoms with E-state index in [0.717, 1.165) is 18.5 Å². The van der Waals surface area contributed by atoms with Crippen molar-refractivity contribution >= 4 is 11.7 Å². The molecule has 2 aliphatic heterocycles. The van der Waals surface area contributed by atoms with Gasteiger partial charge in [-0.25, -0.2) is 17.9 Å². The molecule has 0 spiro atoms. The fraction of sp³-hybridized carbons (Fsp3) is 0.385. The number of rotatable bonds is 7. The summed E-state index contributed by atoms with van der Waals surface area (Å²) in [7, 11) is 3.04. The van der Waals surface area contributed by atoms with Crippen molar-refractivity contribution in [3.05, 3.63) is 59.4 Å². The molecule has 11 heteroatoms. The number of halogens is 3. The minimum absolute atomic E-state index is 0.0394. The zero-order valence-corrected chi connectivity index (χ0v) is 20.4. The molecule has 2 aliphatic rings. The minimum Gasteiger partial charge on any atom is -0.493 e. The number of ether oxygens (including phenoxy) is 2. The Labute approximate surface area is 212 Å². The van der Waals surface area contributed by atoms with Crippen LogP contribution in [0, 0.1) is 5.82 Å². The first-order chi connectivity index (χ1) is 17.9. The van der Waals surface area contributed by atoms with Gasteiger partial charge < -0.3 is 25.4 Å². The predicted octanol–water partition coefficient (Wildman–Crippen LogP) is 4.16. The van der Waals surface area contributed by atoms with Crippen LogP contribution in [0.2, 0.25) is 0 Å². The maximum Gasteiger partial charge on any atom is 0.260 e. The van der Waals surface area contributed by atoms with E-state index in [1.165, 1.54) is 31.0 Å². The van der Waals surface area contributed by atoms with Crippen LogP contribution in [-0.4, -0.2) is 55.5 Å². The first-order valence-electron chi connectivity index (χ1n) is 12.1. The second kappa shape index (κ2) is 10.3. The van der Waals surface area contributed by atoms with Crippen molar-refractivity contribution in [3.63, 3.8) is 0 Å². The number of hydrogen-bond acceptors (Lipinski definition) is 6. The van der Waals surface area contributed by atoms with Crippen LogP contribution in [0.1, 0.15) is 40.8 Å². The molecule has 1 amide bonds. The molecule has 0 bridgehead atoms. The summed E-state index contributed by atoms with van der Waals surface area (Å²) in [5.74, 6) is 0.243. The van der Waals surface area contributed by atoms with Crippen LogP contribution in [-0.2, 0) is 0 Å². The van der Waals surface area contributed by atoms with Crippen molar-refractivity contribution in [1.29, 1.82) is 0 Å². The average molecular weight is 516 g/mol. The molecule has 196 valence electrons. The van der Waals surface area contributed by atoms with Crippen molar-refractivity contribution in [2.24, 2.45) is 0 Å². The number of fused-ring (bicyclic) bond motifs is 1. The largest absolute Gasteiger partial charge is 0.493 e. The van der Waals surface area contributed by atoms with Crippen LogP contribution < -0.4 is 25.4 Å². The lowest BCUT2D eigenvalue weighted by Gasteiger charge is -2.32. The summed E-state index contributed by atoms with van der Waals surface area (Å²) in [4.78, 5) is 12.5. The zero-order valence-electron chi connectivity index (χ0n) is 20.4. The smallest absolute Gasteiger partial charge is 0.260 e. The van der Waals surface area contributed by atoms with Gasteiger partial charge in [-0.2, -0.15) is 5.10 Å². The van der Waals surface area contributed by atoms with Gasteiger partial charge in [0.15, 0.2) is 11.5 Å². The highest BCUT2D eigenvalue weighted by Crippen LogP contribution is 2.41. The molecule has 0 saturated carbocycles. The van der Waals surface area contributed by atoms with Crippen LogP contribution in [0.5, 0.6) is 11.5 Å². The van der Waals surface area contributed by atoms with E-state index in [4.69, 9.17) is 9.47 Å². The Morgan fingerprint density at radius 2 is 1.95 bits per heavy atom. The Kier molecular flexibility index (Phi) is 6.96. The van der Waals surface area contributed by atoms with Crippen LogP contribution in [0.15, 0.2) is 42.5 Å². The van der Waals surface area contributed by atoms with E-state index in [2.05, 4.69) is 21.0 Å². The summed E-state index contributed by atoms with van der Waals surface area (Å²) in [6, 6.07) is 9.42. The Hall–Kier alpha value is -3.73. The number of nitrogens with zero attached hydrogens (tertiary/aromatic N) is 2. The van der Waals surface area contributed by atoms with Crippen molar-refractivity contribution in [2.75, 3.05) is 32.6 Å². The van der Waals surface area contributed by atoms with Crippen molar-refractivity contribution in [2.45, 2.75) is 37.4 Å². The molecule has 1 saturated heterocycles. The second-order valence-corrected chi connectivity index (χ2v) is 9.17. The molecular formula is C26H28F3N5O3. The van der Waals surface area contributed by atoms with Crippen LogP contribution in [0.25, 0.3) is 11.3 Å². The number of anilines is 1. The standard InChI is InChI=1S/C26H28F3N5O3/c1-36-22-6-4-15(10-23(22)37-2)19-11-21(25(28)29)34-24(32-19)12-20(33-34)14-3-5-17(18(27)9-14)26(35)31-16-7-8-30-13-16/h3-6,9-10,12,16,19,21,25,30,32H,7-8,11,13H2,1-2H3,(H,31,35). The van der Waals surface area contributed by atoms with E-state index in [9.17, 15) is 18.0 Å². The van der Waals surface area contributed by atoms with Crippen molar-refractivity contribution in [3.8, 4) is 22.8 Å². The maximum atomic E-state index is 14.9. The van der Waals surface area contributed by atoms with Gasteiger partial charge in [-0.3, -0.25) is 4.79 Å². The highest BCUT2D eigenvalue weighted by molar-refractivity contribution is 5.95. The lowest BCUT2D eigenvalue weighted by Crippen LogP contribution is -2.36. The lowest BCUT2D eigenvalue weighted by molar-refractivity contribution is 0.0659. The maximum absolute atomic E-state index is 14.9. The van der Waals surface area contributed by atoms with Crippen LogP contribution >= 0.6 is 0 Å². The van der Waals surface area contributed by atoms with Gasteiger partial charge in [0.1, 0.15) is 17.7 Å². The van der Waals surface area contributed by atoms with Gasteiger partial charge in [0, 0.05) is 24.2 Å². The number of carbonyl (C=O) groups excluding carboxylic acids is 1. The Morgan fingerprint density at radius 3 is 2.62 bits per heavy atom. The Morgan fingerprint density at radius 1 is 1.14 bits per heavy atom. The van der Waals surface area contributed by atoms with Gasteiger partial charge in [0.25, 0.3) is 12.3 Å². The average Bonchev–Trinajstić information content (AvgIpc) is 3.57. The molecule has 1 fully saturated rings. The van der Waals surface area contributed by atoms with E-state index >= 15 is 0 Å². The number of nitrogens with one attached hydrogen (secondary N) is 3. The van der Waals surface area contributed by atoms with Gasteiger partial charge in [0.05, 0.1) is 31.5 Å². The molecule has 3 N–H and O–H groups in total. The molecular weight excluding hydrogens is 487 g/mol. The Balaban J connectivity index is 1.41. The SMILES string of the molecule is COc1ccc(C2CC(C(F)F)n3nc(-c4ccc(C(=O)NC5CCNC5)c(F)c4)cc3N2)cc1OC. The number of methoxy groups -OCH3 is 2. The monoisotopic (exact) mass is 515 g/mol. The molecule has 0 aliphatic carbocycles. The molecule has 8 nitrogen and oxygen atoms in total. The molecule has 3 aromatic rings. The van der Waals surface area contributed by atoms with Gasteiger partial charge in [-0.15, -0.1) is 0 Å². The van der Waals surface area contributed by atoms with E-state index in [1.54, 1.807) is 30.3 Å². The number of hydrogen-bond donors (Lipinski definition) is 3. The molecule has 3 atom stereocenters. The summed E-state index contributed by atoms with van der Waals surface area (Å²) >= 11 is 0. The summed E-state index contributed by atoms with van der Waals surface area (Å²) in [6.45, 7) is 1.45. The van der Waals surface area contributed by atoms with Gasteiger partial charge in [-0.05, 0) is 49.2 Å². The molecule has 3 unspecified atom stereocenters. The van der Waals surface area contributed by atoms with Gasteiger partial charge in [0.2, 0.25) is 0 Å². The molecule has 37 heavy (non-hydrogen) atoms. The summed E-state index contributed by atoms with van der Waals surface area (Å²) in [5, 5.41) is 13.6. The topological polar surface area (TPSA) is 89.4 Å². The third kappa shape index (κ3) is 4.95. The predicted molar refractivity (Wildman–Crippen MR) is 132 cm³/mol. The lowest BCUT2D eigenvalue weighted by atomic mass is 9.97. The van der Waals surface area contributed by atoms with E-state index in [-0.39, 0.29) is 18.0 Å². The third-order valence-electron chi connectivity index (χ3n) is 6.86. The normalized spacial score (nSPS) is 20.9. The highest BCUT2D eigenvalue weighted by atomic mass is 19.3. The van der Waals surface area contributed by atoms with E-state index in [0.29, 0.717) is 35.1 Å². The van der Waals surface area contributed by atoms with E-state index < -0.39 is 30.2 Å². The molecule has 5 rings (SSSR count). The van der Waals surface area contributed by atoms with Gasteiger partial charge in [-0.1, -0.05) is 12.1 Å². The number of benzene rings is 2. The first-order valence-corrected chi connectivity index (χ1v) is 12.1. The minimum atomic E-state index is -2.66. The Bertz CT molecular complexity index is 1290. The fourth-order valence-electron chi connectivity index (χ4n) is 4.87. The molecule has 0 radical (unpaired) electrons. The number of aromatic nitrogens is 2. The summed E-state index contributed by atoms with van der Waals surface area (Å²) in [5.41, 5.74) is 1.40.